The Bertz CT molecular complexity index is 1280. The van der Waals surface area contributed by atoms with Crippen molar-refractivity contribution in [3.8, 4) is 11.5 Å². The van der Waals surface area contributed by atoms with E-state index < -0.39 is 11.8 Å². The normalized spacial score (nSPS) is 15.1. The van der Waals surface area contributed by atoms with Crippen molar-refractivity contribution in [2.75, 3.05) is 28.7 Å². The molecule has 0 radical (unpaired) electrons. The maximum Gasteiger partial charge on any atom is 0.282 e. The van der Waals surface area contributed by atoms with Gasteiger partial charge in [-0.2, -0.15) is 0 Å². The summed E-state index contributed by atoms with van der Waals surface area (Å²) in [6, 6.07) is 15.5. The second-order valence-corrected chi connectivity index (χ2v) is 8.33. The summed E-state index contributed by atoms with van der Waals surface area (Å²) in [5, 5.41) is 7.65. The molecule has 33 heavy (non-hydrogen) atoms. The molecule has 2 N–H and O–H groups in total. The molecule has 0 fully saturated rings. The van der Waals surface area contributed by atoms with Crippen LogP contribution in [0.2, 0.25) is 0 Å². The van der Waals surface area contributed by atoms with Gasteiger partial charge in [-0.05, 0) is 47.8 Å². The third-order valence-corrected chi connectivity index (χ3v) is 6.00. The zero-order chi connectivity index (χ0) is 22.9. The number of hydrogen-bond acceptors (Lipinski definition) is 7. The van der Waals surface area contributed by atoms with Gasteiger partial charge in [-0.15, -0.1) is 11.3 Å². The molecule has 3 aromatic rings. The zero-order valence-electron chi connectivity index (χ0n) is 17.6. The molecule has 166 valence electrons. The van der Waals surface area contributed by atoms with Crippen molar-refractivity contribution >= 4 is 51.7 Å². The monoisotopic (exact) mass is 461 g/mol. The fraction of sp³-hybridized carbons (Fsp3) is 0.125. The summed E-state index contributed by atoms with van der Waals surface area (Å²) in [5.74, 6) is 0.115. The number of carbonyl (C=O) groups is 3. The van der Waals surface area contributed by atoms with Crippen LogP contribution in [0.15, 0.2) is 65.7 Å². The first-order chi connectivity index (χ1) is 16.0. The van der Waals surface area contributed by atoms with Crippen LogP contribution in [0.3, 0.4) is 0 Å². The van der Waals surface area contributed by atoms with E-state index in [4.69, 9.17) is 9.47 Å². The smallest absolute Gasteiger partial charge is 0.282 e. The van der Waals surface area contributed by atoms with Gasteiger partial charge in [0.1, 0.15) is 18.9 Å². The Hall–Kier alpha value is -4.11. The number of nitrogens with one attached hydrogen (secondary N) is 2. The van der Waals surface area contributed by atoms with Gasteiger partial charge in [0.05, 0.1) is 11.3 Å². The highest BCUT2D eigenvalue weighted by molar-refractivity contribution is 7.11. The molecule has 3 heterocycles. The summed E-state index contributed by atoms with van der Waals surface area (Å²) in [4.78, 5) is 39.9. The summed E-state index contributed by atoms with van der Waals surface area (Å²) in [5.41, 5.74) is 2.08. The minimum atomic E-state index is -0.467. The van der Waals surface area contributed by atoms with Crippen molar-refractivity contribution in [2.24, 2.45) is 0 Å². The Morgan fingerprint density at radius 2 is 1.67 bits per heavy atom. The number of benzene rings is 2. The summed E-state index contributed by atoms with van der Waals surface area (Å²) >= 11 is 1.38. The van der Waals surface area contributed by atoms with Gasteiger partial charge in [-0.1, -0.05) is 6.07 Å². The van der Waals surface area contributed by atoms with Crippen LogP contribution in [0.5, 0.6) is 11.5 Å². The Morgan fingerprint density at radius 1 is 0.939 bits per heavy atom. The number of fused-ring (bicyclic) bond motifs is 1. The molecule has 0 spiro atoms. The molecule has 0 saturated carbocycles. The van der Waals surface area contributed by atoms with Gasteiger partial charge in [0.25, 0.3) is 11.8 Å². The predicted molar refractivity (Wildman–Crippen MR) is 126 cm³/mol. The maximum absolute atomic E-state index is 13.4. The van der Waals surface area contributed by atoms with Crippen LogP contribution in [0.4, 0.5) is 17.1 Å². The first-order valence-electron chi connectivity index (χ1n) is 10.2. The Kier molecular flexibility index (Phi) is 5.31. The number of hydrogen-bond donors (Lipinski definition) is 2. The van der Waals surface area contributed by atoms with E-state index in [1.54, 1.807) is 48.5 Å². The molecule has 9 heteroatoms. The van der Waals surface area contributed by atoms with Crippen LogP contribution >= 0.6 is 11.3 Å². The molecule has 8 nitrogen and oxygen atoms in total. The van der Waals surface area contributed by atoms with Gasteiger partial charge < -0.3 is 20.1 Å². The number of amides is 3. The molecular formula is C24H19N3O5S. The van der Waals surface area contributed by atoms with Gasteiger partial charge >= 0.3 is 0 Å². The van der Waals surface area contributed by atoms with Gasteiger partial charge in [0, 0.05) is 29.2 Å². The van der Waals surface area contributed by atoms with E-state index in [-0.39, 0.29) is 11.6 Å². The van der Waals surface area contributed by atoms with Crippen LogP contribution in [0.25, 0.3) is 5.57 Å². The third kappa shape index (κ3) is 3.94. The molecule has 2 aliphatic heterocycles. The largest absolute Gasteiger partial charge is 0.486 e. The van der Waals surface area contributed by atoms with Crippen LogP contribution in [-0.4, -0.2) is 30.9 Å². The molecule has 1 aromatic heterocycles. The van der Waals surface area contributed by atoms with E-state index in [2.05, 4.69) is 10.6 Å². The molecule has 2 aromatic carbocycles. The second-order valence-electron chi connectivity index (χ2n) is 7.38. The van der Waals surface area contributed by atoms with Crippen LogP contribution in [0, 0.1) is 0 Å². The van der Waals surface area contributed by atoms with E-state index >= 15 is 0 Å². The molecule has 3 amide bonds. The molecule has 0 atom stereocenters. The lowest BCUT2D eigenvalue weighted by Gasteiger charge is -2.19. The minimum absolute atomic E-state index is 0.185. The van der Waals surface area contributed by atoms with Crippen LogP contribution in [-0.2, 0) is 14.4 Å². The zero-order valence-corrected chi connectivity index (χ0v) is 18.4. The lowest BCUT2D eigenvalue weighted by atomic mass is 10.1. The number of carbonyl (C=O) groups excluding carboxylic acids is 3. The number of rotatable bonds is 5. The molecular weight excluding hydrogens is 442 g/mol. The molecule has 0 bridgehead atoms. The van der Waals surface area contributed by atoms with Crippen LogP contribution < -0.4 is 25.0 Å². The molecule has 0 saturated heterocycles. The Morgan fingerprint density at radius 3 is 2.36 bits per heavy atom. The molecule has 0 unspecified atom stereocenters. The average Bonchev–Trinajstić information content (AvgIpc) is 3.41. The van der Waals surface area contributed by atoms with Crippen LogP contribution in [0.1, 0.15) is 11.8 Å². The average molecular weight is 461 g/mol. The highest BCUT2D eigenvalue weighted by Crippen LogP contribution is 2.38. The van der Waals surface area contributed by atoms with Crippen molar-refractivity contribution in [3.05, 3.63) is 70.6 Å². The number of thiophene rings is 1. The second kappa shape index (κ2) is 8.44. The highest BCUT2D eigenvalue weighted by atomic mass is 32.1. The Labute approximate surface area is 193 Å². The highest BCUT2D eigenvalue weighted by Gasteiger charge is 2.40. The summed E-state index contributed by atoms with van der Waals surface area (Å²) in [7, 11) is 0. The summed E-state index contributed by atoms with van der Waals surface area (Å²) < 4.78 is 11.2. The first-order valence-corrected chi connectivity index (χ1v) is 11.1. The van der Waals surface area contributed by atoms with Crippen molar-refractivity contribution in [2.45, 2.75) is 6.92 Å². The van der Waals surface area contributed by atoms with E-state index in [9.17, 15) is 14.4 Å². The fourth-order valence-corrected chi connectivity index (χ4v) is 4.46. The topological polar surface area (TPSA) is 97.0 Å². The summed E-state index contributed by atoms with van der Waals surface area (Å²) in [6.45, 7) is 2.34. The van der Waals surface area contributed by atoms with Gasteiger partial charge in [0.15, 0.2) is 11.5 Å². The minimum Gasteiger partial charge on any atom is -0.486 e. The quantitative estimate of drug-likeness (QED) is 0.560. The van der Waals surface area contributed by atoms with E-state index in [0.717, 1.165) is 4.90 Å². The number of ether oxygens (including phenoxy) is 2. The van der Waals surface area contributed by atoms with Gasteiger partial charge in [-0.25, -0.2) is 4.90 Å². The first kappa shape index (κ1) is 20.8. The number of imide groups is 1. The standard InChI is InChI=1S/C24H19N3O5S/c1-14(28)25-15-4-7-17(8-5-15)27-23(29)21(20-3-2-12-33-20)22(24(27)30)26-16-6-9-18-19(13-16)32-11-10-31-18/h2-9,12-13,26H,10-11H2,1H3,(H,25,28). The maximum atomic E-state index is 13.4. The number of nitrogens with zero attached hydrogens (tertiary/aromatic N) is 1. The Balaban J connectivity index is 1.50. The molecule has 2 aliphatic rings. The van der Waals surface area contributed by atoms with E-state index in [1.165, 1.54) is 18.3 Å². The van der Waals surface area contributed by atoms with Crippen molar-refractivity contribution in [3.63, 3.8) is 0 Å². The van der Waals surface area contributed by atoms with Gasteiger partial charge in [-0.3, -0.25) is 14.4 Å². The van der Waals surface area contributed by atoms with E-state index in [1.807, 2.05) is 11.4 Å². The molecule has 5 rings (SSSR count). The summed E-state index contributed by atoms with van der Waals surface area (Å²) in [6.07, 6.45) is 0. The van der Waals surface area contributed by atoms with E-state index in [0.29, 0.717) is 52.2 Å². The third-order valence-electron chi connectivity index (χ3n) is 5.11. The molecule has 0 aliphatic carbocycles. The van der Waals surface area contributed by atoms with Crippen molar-refractivity contribution in [1.82, 2.24) is 0 Å². The predicted octanol–water partition coefficient (Wildman–Crippen LogP) is 3.87. The SMILES string of the molecule is CC(=O)Nc1ccc(N2C(=O)C(Nc3ccc4c(c3)OCCO4)=C(c3cccs3)C2=O)cc1. The fourth-order valence-electron chi connectivity index (χ4n) is 3.69. The lowest BCUT2D eigenvalue weighted by Crippen LogP contribution is -2.32. The number of anilines is 3. The van der Waals surface area contributed by atoms with Crippen molar-refractivity contribution in [1.29, 1.82) is 0 Å². The lowest BCUT2D eigenvalue weighted by molar-refractivity contribution is -0.120. The van der Waals surface area contributed by atoms with Crippen molar-refractivity contribution < 1.29 is 23.9 Å². The van der Waals surface area contributed by atoms with Gasteiger partial charge in [0.2, 0.25) is 5.91 Å².